The van der Waals surface area contributed by atoms with E-state index in [1.807, 2.05) is 23.3 Å². The molecule has 210 valence electrons. The number of hydrogen-bond donors (Lipinski definition) is 0. The molecule has 2 aliphatic rings. The third kappa shape index (κ3) is 4.52. The second-order valence-corrected chi connectivity index (χ2v) is 11.8. The smallest absolute Gasteiger partial charge is 0.176 e. The van der Waals surface area contributed by atoms with Gasteiger partial charge in [-0.05, 0) is 53.4 Å². The molecule has 2 aliphatic heterocycles. The maximum Gasteiger partial charge on any atom is 0.176 e. The van der Waals surface area contributed by atoms with Crippen LogP contribution in [0.5, 0.6) is 0 Å². The van der Waals surface area contributed by atoms with E-state index in [0.29, 0.717) is 19.5 Å². The van der Waals surface area contributed by atoms with Crippen LogP contribution in [0.15, 0.2) is 127 Å². The Morgan fingerprint density at radius 3 is 2.21 bits per heavy atom. The average molecular weight is 553 g/mol. The number of Topliss-reactive ketones (excluding diaryl/α,β-unsaturated/α-hetero) is 1. The van der Waals surface area contributed by atoms with Crippen LogP contribution in [-0.4, -0.2) is 29.4 Å². The van der Waals surface area contributed by atoms with Crippen molar-refractivity contribution in [1.82, 2.24) is 4.90 Å². The predicted octanol–water partition coefficient (Wildman–Crippen LogP) is 8.20. The Kier molecular flexibility index (Phi) is 6.89. The molecule has 4 heteroatoms. The van der Waals surface area contributed by atoms with Gasteiger partial charge in [0.25, 0.3) is 0 Å². The van der Waals surface area contributed by atoms with E-state index in [-0.39, 0.29) is 23.8 Å². The number of ketones is 1. The first-order valence-corrected chi connectivity index (χ1v) is 14.9. The zero-order valence-electron chi connectivity index (χ0n) is 24.2. The maximum atomic E-state index is 14.5. The summed E-state index contributed by atoms with van der Waals surface area (Å²) in [7, 11) is 0. The van der Waals surface area contributed by atoms with E-state index in [1.54, 1.807) is 0 Å². The summed E-state index contributed by atoms with van der Waals surface area (Å²) in [6.45, 7) is 5.58. The summed E-state index contributed by atoms with van der Waals surface area (Å²) < 4.78 is 0. The van der Waals surface area contributed by atoms with Crippen molar-refractivity contribution in [2.75, 3.05) is 18.2 Å². The third-order valence-corrected chi connectivity index (χ3v) is 9.29. The number of hydroxylamine groups is 1. The lowest BCUT2D eigenvalue weighted by molar-refractivity contribution is -0.151. The van der Waals surface area contributed by atoms with Crippen LogP contribution in [0, 0.1) is 6.92 Å². The first kappa shape index (κ1) is 26.6. The third-order valence-electron chi connectivity index (χ3n) is 9.29. The molecule has 2 fully saturated rings. The van der Waals surface area contributed by atoms with E-state index in [9.17, 15) is 4.79 Å². The number of para-hydroxylation sites is 1. The molecule has 0 amide bonds. The van der Waals surface area contributed by atoms with Crippen LogP contribution in [0.3, 0.4) is 0 Å². The minimum Gasteiger partial charge on any atom is -0.296 e. The molecule has 0 radical (unpaired) electrons. The number of benzene rings is 5. The molecule has 0 N–H and O–H groups in total. The van der Waals surface area contributed by atoms with Crippen LogP contribution in [0.25, 0.3) is 10.8 Å². The fourth-order valence-corrected chi connectivity index (χ4v) is 7.05. The van der Waals surface area contributed by atoms with Crippen molar-refractivity contribution in [3.8, 4) is 0 Å². The summed E-state index contributed by atoms with van der Waals surface area (Å²) in [4.78, 5) is 24.1. The number of hydrogen-bond acceptors (Lipinski definition) is 4. The van der Waals surface area contributed by atoms with Crippen molar-refractivity contribution in [3.63, 3.8) is 0 Å². The molecule has 2 heterocycles. The van der Waals surface area contributed by atoms with Gasteiger partial charge in [0.2, 0.25) is 0 Å². The molecule has 4 nitrogen and oxygen atoms in total. The molecule has 5 aromatic carbocycles. The van der Waals surface area contributed by atoms with E-state index in [2.05, 4.69) is 128 Å². The number of aryl methyl sites for hydroxylation is 1. The van der Waals surface area contributed by atoms with Gasteiger partial charge in [0.1, 0.15) is 0 Å². The second kappa shape index (κ2) is 10.9. The van der Waals surface area contributed by atoms with Gasteiger partial charge in [-0.25, -0.2) is 5.06 Å². The molecule has 4 atom stereocenters. The van der Waals surface area contributed by atoms with Crippen molar-refractivity contribution < 1.29 is 9.63 Å². The van der Waals surface area contributed by atoms with E-state index < -0.39 is 5.60 Å². The Balaban J connectivity index is 1.45. The van der Waals surface area contributed by atoms with Gasteiger partial charge in [-0.2, -0.15) is 0 Å². The summed E-state index contributed by atoms with van der Waals surface area (Å²) in [6.07, 6.45) is 0.446. The zero-order valence-corrected chi connectivity index (χ0v) is 24.2. The Labute approximate surface area is 248 Å². The highest BCUT2D eigenvalue weighted by Gasteiger charge is 2.62. The summed E-state index contributed by atoms with van der Waals surface area (Å²) in [5.74, 6) is -0.0581. The van der Waals surface area contributed by atoms with Gasteiger partial charge in [0.15, 0.2) is 11.4 Å². The molecule has 0 aliphatic carbocycles. The highest BCUT2D eigenvalue weighted by molar-refractivity contribution is 5.93. The molecular formula is C38H36N2O2. The van der Waals surface area contributed by atoms with E-state index in [0.717, 1.165) is 16.8 Å². The summed E-state index contributed by atoms with van der Waals surface area (Å²) in [6, 6.07) is 44.5. The van der Waals surface area contributed by atoms with Crippen molar-refractivity contribution in [2.24, 2.45) is 0 Å². The van der Waals surface area contributed by atoms with Gasteiger partial charge in [0, 0.05) is 25.6 Å². The van der Waals surface area contributed by atoms with Crippen LogP contribution in [0.1, 0.15) is 53.6 Å². The largest absolute Gasteiger partial charge is 0.296 e. The predicted molar refractivity (Wildman–Crippen MR) is 169 cm³/mol. The lowest BCUT2D eigenvalue weighted by Gasteiger charge is -2.43. The van der Waals surface area contributed by atoms with Gasteiger partial charge in [-0.1, -0.05) is 121 Å². The number of carbonyl (C=O) groups excluding carboxylic acids is 1. The number of nitrogens with zero attached hydrogens (tertiary/aromatic N) is 2. The molecule has 5 aromatic rings. The highest BCUT2D eigenvalue weighted by atomic mass is 16.7. The average Bonchev–Trinajstić information content (AvgIpc) is 3.38. The Morgan fingerprint density at radius 2 is 1.45 bits per heavy atom. The summed E-state index contributed by atoms with van der Waals surface area (Å²) >= 11 is 0. The van der Waals surface area contributed by atoms with Crippen molar-refractivity contribution in [1.29, 1.82) is 0 Å². The molecule has 0 bridgehead atoms. The van der Waals surface area contributed by atoms with E-state index in [1.165, 1.54) is 21.9 Å². The van der Waals surface area contributed by atoms with Crippen molar-refractivity contribution in [2.45, 2.75) is 43.9 Å². The lowest BCUT2D eigenvalue weighted by Crippen LogP contribution is -2.58. The molecule has 2 unspecified atom stereocenters. The second-order valence-electron chi connectivity index (χ2n) is 11.8. The number of likely N-dealkylation sites (tertiary alicyclic amines) is 1. The van der Waals surface area contributed by atoms with Crippen molar-refractivity contribution in [3.05, 3.63) is 150 Å². The first-order chi connectivity index (χ1) is 20.5. The van der Waals surface area contributed by atoms with Gasteiger partial charge in [0.05, 0.1) is 17.6 Å². The van der Waals surface area contributed by atoms with E-state index in [4.69, 9.17) is 4.84 Å². The lowest BCUT2D eigenvalue weighted by atomic mass is 9.70. The summed E-state index contributed by atoms with van der Waals surface area (Å²) in [5.41, 5.74) is 4.64. The number of fused-ring (bicyclic) bond motifs is 1. The maximum absolute atomic E-state index is 14.5. The Hall–Kier alpha value is -4.25. The first-order valence-electron chi connectivity index (χ1n) is 14.9. The van der Waals surface area contributed by atoms with Crippen LogP contribution >= 0.6 is 0 Å². The zero-order chi connectivity index (χ0) is 28.7. The quantitative estimate of drug-likeness (QED) is 0.220. The standard InChI is InChI=1S/C38H36N2O2/c1-27-20-22-31(23-21-27)37-36(34-19-11-15-30-14-9-10-18-33(30)34)38(42-40(37)32-16-7-4-8-17-32)26-39(25-24-35(38)41)28(2)29-12-5-3-6-13-29/h3-23,28,36-37H,24-26H2,1-2H3/t28?,36-,37-,38?/m0/s1. The van der Waals surface area contributed by atoms with Crippen LogP contribution < -0.4 is 5.06 Å². The Morgan fingerprint density at radius 1 is 0.786 bits per heavy atom. The monoisotopic (exact) mass is 552 g/mol. The SMILES string of the molecule is Cc1ccc([C@H]2[C@H](c3cccc4ccccc34)C3(CN(C(C)c4ccccc4)CCC3=O)ON2c2ccccc2)cc1. The molecule has 7 rings (SSSR count). The summed E-state index contributed by atoms with van der Waals surface area (Å²) in [5, 5.41) is 4.37. The van der Waals surface area contributed by atoms with Crippen LogP contribution in [-0.2, 0) is 9.63 Å². The van der Waals surface area contributed by atoms with E-state index >= 15 is 0 Å². The molecular weight excluding hydrogens is 516 g/mol. The topological polar surface area (TPSA) is 32.8 Å². The molecule has 2 saturated heterocycles. The number of piperidine rings is 1. The molecule has 42 heavy (non-hydrogen) atoms. The Bertz CT molecular complexity index is 1700. The fraction of sp³-hybridized carbons (Fsp3) is 0.237. The van der Waals surface area contributed by atoms with Gasteiger partial charge < -0.3 is 0 Å². The van der Waals surface area contributed by atoms with Crippen molar-refractivity contribution >= 4 is 22.2 Å². The highest BCUT2D eigenvalue weighted by Crippen LogP contribution is 2.56. The minimum atomic E-state index is -1.06. The van der Waals surface area contributed by atoms with Gasteiger partial charge in [-0.15, -0.1) is 0 Å². The number of anilines is 1. The molecule has 0 aromatic heterocycles. The number of rotatable bonds is 5. The number of carbonyl (C=O) groups is 1. The fourth-order valence-electron chi connectivity index (χ4n) is 7.05. The van der Waals surface area contributed by atoms with Gasteiger partial charge >= 0.3 is 0 Å². The van der Waals surface area contributed by atoms with Crippen LogP contribution in [0.4, 0.5) is 5.69 Å². The normalized spacial score (nSPS) is 23.5. The molecule has 1 spiro atoms. The molecule has 0 saturated carbocycles. The van der Waals surface area contributed by atoms with Gasteiger partial charge in [-0.3, -0.25) is 14.5 Å². The van der Waals surface area contributed by atoms with Crippen LogP contribution in [0.2, 0.25) is 0 Å². The minimum absolute atomic E-state index is 0.150.